The van der Waals surface area contributed by atoms with Crippen LogP contribution in [0.2, 0.25) is 0 Å². The van der Waals surface area contributed by atoms with E-state index in [1.807, 2.05) is 6.08 Å². The van der Waals surface area contributed by atoms with Crippen molar-refractivity contribution in [3.63, 3.8) is 0 Å². The number of hydrogen-bond donors (Lipinski definition) is 0. The van der Waals surface area contributed by atoms with Gasteiger partial charge in [0.1, 0.15) is 12.4 Å². The molecule has 0 saturated heterocycles. The monoisotopic (exact) mass is 398 g/mol. The molecule has 0 radical (unpaired) electrons. The van der Waals surface area contributed by atoms with Gasteiger partial charge < -0.3 is 14.2 Å². The highest BCUT2D eigenvalue weighted by Crippen LogP contribution is 2.40. The molecule has 28 heavy (non-hydrogen) atoms. The lowest BCUT2D eigenvalue weighted by atomic mass is 10.0. The van der Waals surface area contributed by atoms with E-state index in [1.54, 1.807) is 13.0 Å². The number of ether oxygens (including phenoxy) is 3. The van der Waals surface area contributed by atoms with E-state index in [0.717, 1.165) is 18.8 Å². The molecule has 0 amide bonds. The van der Waals surface area contributed by atoms with Crippen molar-refractivity contribution in [2.45, 2.75) is 64.7 Å². The first-order valence-electron chi connectivity index (χ1n) is 10.2. The lowest BCUT2D eigenvalue weighted by Gasteiger charge is -2.19. The Labute approximate surface area is 164 Å². The second kappa shape index (κ2) is 9.57. The Balaban J connectivity index is 1.60. The van der Waals surface area contributed by atoms with Crippen LogP contribution in [0.15, 0.2) is 24.3 Å². The molecule has 2 saturated carbocycles. The van der Waals surface area contributed by atoms with Crippen LogP contribution < -0.4 is 14.2 Å². The molecule has 6 heteroatoms. The Bertz CT molecular complexity index is 660. The SMILES string of the molecule is Cc1c(OC/C=C/C2CC2)ccc(OCCCC2CCCC2)c1OC(F)(F)F. The molecule has 0 N–H and O–H groups in total. The van der Waals surface area contributed by atoms with Gasteiger partial charge >= 0.3 is 6.36 Å². The molecule has 0 spiro atoms. The summed E-state index contributed by atoms with van der Waals surface area (Å²) in [7, 11) is 0. The van der Waals surface area contributed by atoms with Gasteiger partial charge in [0.15, 0.2) is 11.5 Å². The maximum Gasteiger partial charge on any atom is 0.573 e. The van der Waals surface area contributed by atoms with Crippen LogP contribution in [0.5, 0.6) is 17.2 Å². The van der Waals surface area contributed by atoms with Crippen molar-refractivity contribution in [3.8, 4) is 17.2 Å². The van der Waals surface area contributed by atoms with E-state index < -0.39 is 6.36 Å². The molecule has 3 nitrogen and oxygen atoms in total. The van der Waals surface area contributed by atoms with Crippen LogP contribution in [0.25, 0.3) is 0 Å². The third-order valence-corrected chi connectivity index (χ3v) is 5.39. The molecule has 1 aromatic rings. The van der Waals surface area contributed by atoms with Crippen molar-refractivity contribution >= 4 is 0 Å². The first kappa shape index (κ1) is 20.9. The van der Waals surface area contributed by atoms with Crippen molar-refractivity contribution in [2.75, 3.05) is 13.2 Å². The highest BCUT2D eigenvalue weighted by atomic mass is 19.4. The highest BCUT2D eigenvalue weighted by molar-refractivity contribution is 5.53. The Morgan fingerprint density at radius 1 is 1.04 bits per heavy atom. The summed E-state index contributed by atoms with van der Waals surface area (Å²) in [6.45, 7) is 2.27. The molecule has 0 unspecified atom stereocenters. The van der Waals surface area contributed by atoms with E-state index in [2.05, 4.69) is 10.8 Å². The van der Waals surface area contributed by atoms with E-state index in [9.17, 15) is 13.2 Å². The van der Waals surface area contributed by atoms with Gasteiger partial charge in [0.25, 0.3) is 0 Å². The van der Waals surface area contributed by atoms with Crippen molar-refractivity contribution in [1.82, 2.24) is 0 Å². The molecule has 0 heterocycles. The minimum absolute atomic E-state index is 0.113. The zero-order chi connectivity index (χ0) is 20.0. The summed E-state index contributed by atoms with van der Waals surface area (Å²) < 4.78 is 54.2. The fourth-order valence-corrected chi connectivity index (χ4v) is 3.69. The molecule has 0 bridgehead atoms. The zero-order valence-electron chi connectivity index (χ0n) is 16.4. The second-order valence-electron chi connectivity index (χ2n) is 7.78. The van der Waals surface area contributed by atoms with Gasteiger partial charge in [-0.05, 0) is 56.6 Å². The lowest BCUT2D eigenvalue weighted by molar-refractivity contribution is -0.275. The van der Waals surface area contributed by atoms with Gasteiger partial charge in [0.05, 0.1) is 6.61 Å². The average Bonchev–Trinajstić information content (AvgIpc) is 3.31. The molecular formula is C22H29F3O3. The molecule has 3 rings (SSSR count). The summed E-state index contributed by atoms with van der Waals surface area (Å²) in [4.78, 5) is 0. The number of rotatable bonds is 10. The topological polar surface area (TPSA) is 27.7 Å². The van der Waals surface area contributed by atoms with Crippen molar-refractivity contribution in [1.29, 1.82) is 0 Å². The van der Waals surface area contributed by atoms with Crippen LogP contribution in [0.1, 0.15) is 56.9 Å². The normalized spacial score (nSPS) is 18.0. The van der Waals surface area contributed by atoms with E-state index >= 15 is 0 Å². The first-order chi connectivity index (χ1) is 13.4. The lowest BCUT2D eigenvalue weighted by Crippen LogP contribution is -2.19. The van der Waals surface area contributed by atoms with Crippen LogP contribution in [0.4, 0.5) is 13.2 Å². The first-order valence-corrected chi connectivity index (χ1v) is 10.2. The molecule has 156 valence electrons. The number of alkyl halides is 3. The minimum Gasteiger partial charge on any atom is -0.490 e. The molecule has 0 atom stereocenters. The predicted molar refractivity (Wildman–Crippen MR) is 102 cm³/mol. The molecular weight excluding hydrogens is 369 g/mol. The summed E-state index contributed by atoms with van der Waals surface area (Å²) in [5.74, 6) is 1.54. The molecule has 0 aliphatic heterocycles. The third kappa shape index (κ3) is 6.64. The Kier molecular flexibility index (Phi) is 7.13. The minimum atomic E-state index is -4.78. The average molecular weight is 398 g/mol. The van der Waals surface area contributed by atoms with E-state index in [-0.39, 0.29) is 11.5 Å². The molecule has 1 aromatic carbocycles. The second-order valence-corrected chi connectivity index (χ2v) is 7.78. The summed E-state index contributed by atoms with van der Waals surface area (Å²) in [6, 6.07) is 3.15. The van der Waals surface area contributed by atoms with E-state index in [1.165, 1.54) is 44.6 Å². The highest BCUT2D eigenvalue weighted by Gasteiger charge is 2.34. The van der Waals surface area contributed by atoms with Gasteiger partial charge in [-0.25, -0.2) is 0 Å². The number of halogens is 3. The standard InChI is InChI=1S/C22H29F3O3/c1-16-19(26-14-5-9-18-10-11-18)12-13-20(21(16)28-22(23,24)25)27-15-4-8-17-6-2-3-7-17/h5,9,12-13,17-18H,2-4,6-8,10-11,14-15H2,1H3/b9-5+. The zero-order valence-corrected chi connectivity index (χ0v) is 16.4. The smallest absolute Gasteiger partial charge is 0.490 e. The molecule has 2 fully saturated rings. The Hall–Kier alpha value is -1.85. The van der Waals surface area contributed by atoms with Crippen LogP contribution in [-0.2, 0) is 0 Å². The maximum atomic E-state index is 12.9. The largest absolute Gasteiger partial charge is 0.573 e. The Morgan fingerprint density at radius 2 is 1.75 bits per heavy atom. The van der Waals surface area contributed by atoms with Crippen molar-refractivity contribution < 1.29 is 27.4 Å². The third-order valence-electron chi connectivity index (χ3n) is 5.39. The van der Waals surface area contributed by atoms with Crippen LogP contribution in [0, 0.1) is 18.8 Å². The summed E-state index contributed by atoms with van der Waals surface area (Å²) in [6.07, 6.45) is 8.58. The van der Waals surface area contributed by atoms with E-state index in [4.69, 9.17) is 9.47 Å². The van der Waals surface area contributed by atoms with Gasteiger partial charge in [-0.2, -0.15) is 0 Å². The molecule has 0 aromatic heterocycles. The van der Waals surface area contributed by atoms with Gasteiger partial charge in [-0.3, -0.25) is 0 Å². The summed E-state index contributed by atoms with van der Waals surface area (Å²) in [5, 5.41) is 0. The quantitative estimate of drug-likeness (QED) is 0.329. The molecule has 2 aliphatic rings. The number of benzene rings is 1. The fraction of sp³-hybridized carbons (Fsp3) is 0.636. The van der Waals surface area contributed by atoms with Crippen LogP contribution in [-0.4, -0.2) is 19.6 Å². The predicted octanol–water partition coefficient (Wildman–Crippen LogP) is 6.59. The summed E-state index contributed by atoms with van der Waals surface area (Å²) >= 11 is 0. The number of hydrogen-bond acceptors (Lipinski definition) is 3. The van der Waals surface area contributed by atoms with E-state index in [0.29, 0.717) is 30.4 Å². The Morgan fingerprint density at radius 3 is 2.43 bits per heavy atom. The van der Waals surface area contributed by atoms with Crippen LogP contribution >= 0.6 is 0 Å². The van der Waals surface area contributed by atoms with Crippen molar-refractivity contribution in [3.05, 3.63) is 29.8 Å². The van der Waals surface area contributed by atoms with Crippen LogP contribution in [0.3, 0.4) is 0 Å². The van der Waals surface area contributed by atoms with Gasteiger partial charge in [-0.15, -0.1) is 13.2 Å². The summed E-state index contributed by atoms with van der Waals surface area (Å²) in [5.41, 5.74) is 0.297. The van der Waals surface area contributed by atoms with Gasteiger partial charge in [0, 0.05) is 5.56 Å². The maximum absolute atomic E-state index is 12.9. The molecule has 2 aliphatic carbocycles. The fourth-order valence-electron chi connectivity index (χ4n) is 3.69. The van der Waals surface area contributed by atoms with Gasteiger partial charge in [-0.1, -0.05) is 37.8 Å². The van der Waals surface area contributed by atoms with Gasteiger partial charge in [0.2, 0.25) is 0 Å². The number of allylic oxidation sites excluding steroid dienone is 1. The van der Waals surface area contributed by atoms with Crippen molar-refractivity contribution in [2.24, 2.45) is 11.8 Å².